The number of anilines is 1. The minimum Gasteiger partial charge on any atom is -0.496 e. The lowest BCUT2D eigenvalue weighted by Gasteiger charge is -2.45. The summed E-state index contributed by atoms with van der Waals surface area (Å²) < 4.78 is 23.6. The van der Waals surface area contributed by atoms with E-state index in [1.54, 1.807) is 23.1 Å². The van der Waals surface area contributed by atoms with Crippen molar-refractivity contribution >= 4 is 34.0 Å². The van der Waals surface area contributed by atoms with Gasteiger partial charge in [0.1, 0.15) is 28.5 Å². The van der Waals surface area contributed by atoms with E-state index in [1.165, 1.54) is 17.6 Å². The number of carboxylic acid groups (broad SMARTS) is 1. The monoisotopic (exact) mass is 609 g/mol. The van der Waals surface area contributed by atoms with Crippen molar-refractivity contribution in [1.82, 2.24) is 9.88 Å². The summed E-state index contributed by atoms with van der Waals surface area (Å²) in [5.74, 6) is -0.391. The van der Waals surface area contributed by atoms with Crippen molar-refractivity contribution in [2.75, 3.05) is 51.4 Å². The summed E-state index contributed by atoms with van der Waals surface area (Å²) in [6, 6.07) is 7.63. The largest absolute Gasteiger partial charge is 0.496 e. The zero-order chi connectivity index (χ0) is 30.1. The second kappa shape index (κ2) is 12.2. The molecule has 1 amide bonds. The fraction of sp³-hybridized carbons (Fsp3) is 0.484. The van der Waals surface area contributed by atoms with E-state index < -0.39 is 17.5 Å². The highest BCUT2D eigenvalue weighted by Crippen LogP contribution is 2.52. The number of oxazole rings is 1. The van der Waals surface area contributed by atoms with Crippen LogP contribution in [-0.4, -0.2) is 85.3 Å². The highest BCUT2D eigenvalue weighted by molar-refractivity contribution is 7.20. The van der Waals surface area contributed by atoms with Crippen LogP contribution in [0.1, 0.15) is 53.3 Å². The lowest BCUT2D eigenvalue weighted by atomic mass is 9.69. The predicted molar refractivity (Wildman–Crippen MR) is 158 cm³/mol. The highest BCUT2D eigenvalue weighted by atomic mass is 32.1. The van der Waals surface area contributed by atoms with Gasteiger partial charge in [-0.1, -0.05) is 18.2 Å². The van der Waals surface area contributed by atoms with Gasteiger partial charge < -0.3 is 23.7 Å². The van der Waals surface area contributed by atoms with Crippen molar-refractivity contribution in [3.63, 3.8) is 0 Å². The molecule has 11 nitrogen and oxygen atoms in total. The number of carbonyl (C=O) groups excluding carboxylic acids is 2. The summed E-state index contributed by atoms with van der Waals surface area (Å²) in [5, 5.41) is 9.88. The van der Waals surface area contributed by atoms with E-state index in [4.69, 9.17) is 18.6 Å². The van der Waals surface area contributed by atoms with Crippen LogP contribution in [0.25, 0.3) is 10.8 Å². The van der Waals surface area contributed by atoms with Gasteiger partial charge in [0.05, 0.1) is 42.9 Å². The van der Waals surface area contributed by atoms with Gasteiger partial charge in [-0.2, -0.15) is 0 Å². The number of carboxylic acids is 1. The Bertz CT molecular complexity index is 1490. The zero-order valence-corrected chi connectivity index (χ0v) is 25.1. The number of carbonyl (C=O) groups is 3. The number of aromatic nitrogens is 1. The SMILES string of the molecule is COc1ccccc1[C@H](CN1C(=O)C2(CCN(CC(=O)O)CC2)C(=O)c2c1sc(-c1ncco1)c2C)OC1CCOCC1. The number of fused-ring (bicyclic) bond motifs is 1. The van der Waals surface area contributed by atoms with Crippen LogP contribution in [0.3, 0.4) is 0 Å². The number of amides is 1. The summed E-state index contributed by atoms with van der Waals surface area (Å²) in [6.45, 7) is 3.77. The molecule has 1 spiro atoms. The van der Waals surface area contributed by atoms with Crippen molar-refractivity contribution in [2.45, 2.75) is 44.8 Å². The highest BCUT2D eigenvalue weighted by Gasteiger charge is 2.56. The number of ether oxygens (including phenoxy) is 3. The molecular weight excluding hydrogens is 574 g/mol. The molecule has 2 saturated heterocycles. The first-order chi connectivity index (χ1) is 20.8. The normalized spacial score (nSPS) is 19.9. The molecule has 1 aromatic carbocycles. The molecule has 2 fully saturated rings. The quantitative estimate of drug-likeness (QED) is 0.349. The third-order valence-corrected chi connectivity index (χ3v) is 10.0. The van der Waals surface area contributed by atoms with E-state index in [1.807, 2.05) is 31.2 Å². The molecule has 0 bridgehead atoms. The summed E-state index contributed by atoms with van der Waals surface area (Å²) in [7, 11) is 1.61. The minimum atomic E-state index is -1.30. The molecule has 228 valence electrons. The molecule has 3 aliphatic heterocycles. The number of thiophene rings is 1. The Morgan fingerprint density at radius 2 is 1.95 bits per heavy atom. The van der Waals surface area contributed by atoms with Crippen molar-refractivity contribution in [1.29, 1.82) is 0 Å². The van der Waals surface area contributed by atoms with Gasteiger partial charge in [-0.15, -0.1) is 11.3 Å². The maximum Gasteiger partial charge on any atom is 0.317 e. The average molecular weight is 610 g/mol. The molecule has 3 aromatic rings. The van der Waals surface area contributed by atoms with Crippen molar-refractivity contribution in [3.05, 3.63) is 53.4 Å². The molecule has 1 atom stereocenters. The van der Waals surface area contributed by atoms with Crippen LogP contribution in [0.2, 0.25) is 0 Å². The maximum atomic E-state index is 14.7. The Hall–Kier alpha value is -3.58. The molecule has 1 N–H and O–H groups in total. The molecular formula is C31H35N3O8S. The van der Waals surface area contributed by atoms with E-state index in [0.29, 0.717) is 53.4 Å². The first-order valence-corrected chi connectivity index (χ1v) is 15.3. The van der Waals surface area contributed by atoms with Crippen LogP contribution < -0.4 is 9.64 Å². The number of rotatable bonds is 9. The van der Waals surface area contributed by atoms with Gasteiger partial charge >= 0.3 is 5.97 Å². The number of aliphatic carboxylic acids is 1. The molecule has 12 heteroatoms. The van der Waals surface area contributed by atoms with Gasteiger partial charge in [-0.3, -0.25) is 24.2 Å². The van der Waals surface area contributed by atoms with E-state index >= 15 is 0 Å². The second-order valence-corrected chi connectivity index (χ2v) is 12.2. The Kier molecular flexibility index (Phi) is 8.36. The fourth-order valence-corrected chi connectivity index (χ4v) is 7.68. The number of methoxy groups -OCH3 is 1. The van der Waals surface area contributed by atoms with Crippen LogP contribution in [0.5, 0.6) is 5.75 Å². The van der Waals surface area contributed by atoms with E-state index in [0.717, 1.165) is 24.0 Å². The third-order valence-electron chi connectivity index (χ3n) is 8.74. The van der Waals surface area contributed by atoms with Crippen LogP contribution in [-0.2, 0) is 19.1 Å². The molecule has 0 radical (unpaired) electrons. The van der Waals surface area contributed by atoms with Crippen molar-refractivity contribution < 1.29 is 38.1 Å². The first kappa shape index (κ1) is 29.5. The molecule has 3 aliphatic rings. The Labute approximate surface area is 253 Å². The van der Waals surface area contributed by atoms with Gasteiger partial charge in [0, 0.05) is 31.9 Å². The van der Waals surface area contributed by atoms with Gasteiger partial charge in [0.25, 0.3) is 0 Å². The molecule has 5 heterocycles. The molecule has 6 rings (SSSR count). The Morgan fingerprint density at radius 1 is 1.21 bits per heavy atom. The molecule has 0 saturated carbocycles. The number of piperidine rings is 1. The Morgan fingerprint density at radius 3 is 2.63 bits per heavy atom. The Balaban J connectivity index is 1.43. The summed E-state index contributed by atoms with van der Waals surface area (Å²) in [6.07, 6.45) is 4.37. The first-order valence-electron chi connectivity index (χ1n) is 14.5. The molecule has 0 unspecified atom stereocenters. The van der Waals surface area contributed by atoms with E-state index in [2.05, 4.69) is 4.98 Å². The second-order valence-electron chi connectivity index (χ2n) is 11.2. The van der Waals surface area contributed by atoms with Gasteiger partial charge in [0.2, 0.25) is 11.8 Å². The van der Waals surface area contributed by atoms with Crippen LogP contribution >= 0.6 is 11.3 Å². The number of likely N-dealkylation sites (tertiary alicyclic amines) is 1. The van der Waals surface area contributed by atoms with Gasteiger partial charge in [0.15, 0.2) is 5.78 Å². The van der Waals surface area contributed by atoms with Gasteiger partial charge in [-0.25, -0.2) is 4.98 Å². The zero-order valence-electron chi connectivity index (χ0n) is 24.2. The number of hydrogen-bond donors (Lipinski definition) is 1. The number of Topliss-reactive ketones (excluding diaryl/α,β-unsaturated/α-hetero) is 1. The standard InChI is InChI=1S/C31H35N3O8S/c1-19-25-27(37)31(9-12-33(13-10-31)18-24(35)36)30(38)34(29(25)43-26(19)28-32-11-16-41-28)17-23(42-20-7-14-40-15-8-20)21-5-3-4-6-22(21)39-2/h3-6,11,16,20,23H,7-10,12-15,17-18H2,1-2H3,(H,35,36)/t23-/m0/s1. The summed E-state index contributed by atoms with van der Waals surface area (Å²) in [4.78, 5) is 48.9. The average Bonchev–Trinajstić information content (AvgIpc) is 3.67. The fourth-order valence-electron chi connectivity index (χ4n) is 6.43. The smallest absolute Gasteiger partial charge is 0.317 e. The number of para-hydroxylation sites is 1. The number of hydrogen-bond acceptors (Lipinski definition) is 10. The minimum absolute atomic E-state index is 0.0640. The topological polar surface area (TPSA) is 132 Å². The molecule has 43 heavy (non-hydrogen) atoms. The summed E-state index contributed by atoms with van der Waals surface area (Å²) >= 11 is 1.32. The number of nitrogens with zero attached hydrogens (tertiary/aromatic N) is 3. The number of ketones is 1. The maximum absolute atomic E-state index is 14.7. The lowest BCUT2D eigenvalue weighted by Crippen LogP contribution is -2.58. The van der Waals surface area contributed by atoms with Crippen molar-refractivity contribution in [2.24, 2.45) is 5.41 Å². The van der Waals surface area contributed by atoms with Crippen molar-refractivity contribution in [3.8, 4) is 16.5 Å². The van der Waals surface area contributed by atoms with E-state index in [-0.39, 0.29) is 43.7 Å². The van der Waals surface area contributed by atoms with Crippen LogP contribution in [0, 0.1) is 12.3 Å². The number of benzene rings is 1. The molecule has 2 aromatic heterocycles. The van der Waals surface area contributed by atoms with E-state index in [9.17, 15) is 19.5 Å². The van der Waals surface area contributed by atoms with Crippen LogP contribution in [0.4, 0.5) is 5.00 Å². The van der Waals surface area contributed by atoms with Crippen LogP contribution in [0.15, 0.2) is 41.1 Å². The lowest BCUT2D eigenvalue weighted by molar-refractivity contribution is -0.139. The predicted octanol–water partition coefficient (Wildman–Crippen LogP) is 4.35. The third kappa shape index (κ3) is 5.48. The summed E-state index contributed by atoms with van der Waals surface area (Å²) in [5.41, 5.74) is 0.728. The molecule has 0 aliphatic carbocycles. The van der Waals surface area contributed by atoms with Gasteiger partial charge in [-0.05, 0) is 44.2 Å².